The predicted octanol–water partition coefficient (Wildman–Crippen LogP) is 2.68. The molecular weight excluding hydrogens is 408 g/mol. The number of amides is 1. The smallest absolute Gasteiger partial charge is 0.257 e. The van der Waals surface area contributed by atoms with E-state index in [1.54, 1.807) is 49.3 Å². The van der Waals surface area contributed by atoms with Crippen molar-refractivity contribution in [2.24, 2.45) is 0 Å². The lowest BCUT2D eigenvalue weighted by atomic mass is 10.1. The highest BCUT2D eigenvalue weighted by Gasteiger charge is 2.20. The molecule has 32 heavy (non-hydrogen) atoms. The fourth-order valence-corrected chi connectivity index (χ4v) is 3.37. The SMILES string of the molecule is COc1ccc(OC)c(-c2ccnc(-n3ncc(C(=O)N(C)CCCN(C)C)c3C)n2)c1. The van der Waals surface area contributed by atoms with Gasteiger partial charge in [0.25, 0.3) is 11.9 Å². The number of carbonyl (C=O) groups is 1. The molecule has 0 saturated carbocycles. The largest absolute Gasteiger partial charge is 0.497 e. The van der Waals surface area contributed by atoms with Crippen LogP contribution in [0, 0.1) is 6.92 Å². The van der Waals surface area contributed by atoms with Gasteiger partial charge in [-0.1, -0.05) is 0 Å². The van der Waals surface area contributed by atoms with Crippen molar-refractivity contribution >= 4 is 5.91 Å². The van der Waals surface area contributed by atoms with Crippen molar-refractivity contribution < 1.29 is 14.3 Å². The van der Waals surface area contributed by atoms with Gasteiger partial charge in [-0.15, -0.1) is 0 Å². The number of hydrogen-bond acceptors (Lipinski definition) is 7. The minimum Gasteiger partial charge on any atom is -0.497 e. The molecule has 9 nitrogen and oxygen atoms in total. The van der Waals surface area contributed by atoms with Crippen molar-refractivity contribution in [3.8, 4) is 28.7 Å². The molecule has 0 saturated heterocycles. The standard InChI is InChI=1S/C23H30N6O3/c1-16-19(22(30)28(4)13-7-12-27(2)3)15-25-29(16)23-24-11-10-20(26-23)18-14-17(31-5)8-9-21(18)32-6/h8-11,14-15H,7,12-13H2,1-6H3. The van der Waals surface area contributed by atoms with E-state index in [0.717, 1.165) is 18.5 Å². The first-order valence-corrected chi connectivity index (χ1v) is 10.4. The maximum absolute atomic E-state index is 12.9. The van der Waals surface area contributed by atoms with Crippen LogP contribution in [0.3, 0.4) is 0 Å². The Bertz CT molecular complexity index is 1080. The normalized spacial score (nSPS) is 11.0. The molecule has 2 aromatic heterocycles. The van der Waals surface area contributed by atoms with E-state index in [4.69, 9.17) is 9.47 Å². The highest BCUT2D eigenvalue weighted by Crippen LogP contribution is 2.32. The quantitative estimate of drug-likeness (QED) is 0.508. The van der Waals surface area contributed by atoms with Gasteiger partial charge in [-0.05, 0) is 58.3 Å². The molecular formula is C23H30N6O3. The first-order valence-electron chi connectivity index (χ1n) is 10.4. The zero-order chi connectivity index (χ0) is 23.3. The molecule has 0 aliphatic carbocycles. The molecule has 170 valence electrons. The molecule has 2 heterocycles. The molecule has 3 rings (SSSR count). The summed E-state index contributed by atoms with van der Waals surface area (Å²) in [4.78, 5) is 25.8. The minimum absolute atomic E-state index is 0.0712. The van der Waals surface area contributed by atoms with Crippen molar-refractivity contribution in [2.45, 2.75) is 13.3 Å². The van der Waals surface area contributed by atoms with Crippen LogP contribution < -0.4 is 9.47 Å². The molecule has 9 heteroatoms. The lowest BCUT2D eigenvalue weighted by molar-refractivity contribution is 0.0790. The van der Waals surface area contributed by atoms with Crippen LogP contribution in [0.15, 0.2) is 36.7 Å². The van der Waals surface area contributed by atoms with Crippen LogP contribution in [0.2, 0.25) is 0 Å². The highest BCUT2D eigenvalue weighted by atomic mass is 16.5. The maximum atomic E-state index is 12.9. The molecule has 0 bridgehead atoms. The van der Waals surface area contributed by atoms with Crippen LogP contribution in [0.4, 0.5) is 0 Å². The van der Waals surface area contributed by atoms with Crippen molar-refractivity contribution in [3.05, 3.63) is 47.9 Å². The Morgan fingerprint density at radius 3 is 2.56 bits per heavy atom. The Hall–Kier alpha value is -3.46. The van der Waals surface area contributed by atoms with Crippen LogP contribution in [0.1, 0.15) is 22.5 Å². The third-order valence-electron chi connectivity index (χ3n) is 5.20. The van der Waals surface area contributed by atoms with Gasteiger partial charge in [0.05, 0.1) is 37.4 Å². The lowest BCUT2D eigenvalue weighted by Gasteiger charge is -2.18. The number of ether oxygens (including phenoxy) is 2. The van der Waals surface area contributed by atoms with Crippen LogP contribution in [-0.2, 0) is 0 Å². The summed E-state index contributed by atoms with van der Waals surface area (Å²) in [6.07, 6.45) is 4.13. The molecule has 1 aromatic carbocycles. The third kappa shape index (κ3) is 5.05. The molecule has 0 aliphatic rings. The minimum atomic E-state index is -0.0712. The lowest BCUT2D eigenvalue weighted by Crippen LogP contribution is -2.30. The maximum Gasteiger partial charge on any atom is 0.257 e. The van der Waals surface area contributed by atoms with E-state index in [2.05, 4.69) is 20.0 Å². The van der Waals surface area contributed by atoms with E-state index in [1.807, 2.05) is 39.2 Å². The Balaban J connectivity index is 1.88. The monoisotopic (exact) mass is 438 g/mol. The molecule has 3 aromatic rings. The van der Waals surface area contributed by atoms with Crippen molar-refractivity contribution in [1.29, 1.82) is 0 Å². The van der Waals surface area contributed by atoms with Gasteiger partial charge in [0.2, 0.25) is 0 Å². The Morgan fingerprint density at radius 2 is 1.88 bits per heavy atom. The summed E-state index contributed by atoms with van der Waals surface area (Å²) in [6.45, 7) is 3.43. The van der Waals surface area contributed by atoms with Crippen LogP contribution >= 0.6 is 0 Å². The summed E-state index contributed by atoms with van der Waals surface area (Å²) < 4.78 is 12.4. The topological polar surface area (TPSA) is 85.6 Å². The van der Waals surface area contributed by atoms with Gasteiger partial charge in [0.1, 0.15) is 11.5 Å². The zero-order valence-corrected chi connectivity index (χ0v) is 19.5. The van der Waals surface area contributed by atoms with Gasteiger partial charge in [-0.2, -0.15) is 5.10 Å². The second kappa shape index (κ2) is 10.2. The first-order chi connectivity index (χ1) is 15.3. The molecule has 0 atom stereocenters. The predicted molar refractivity (Wildman–Crippen MR) is 123 cm³/mol. The van der Waals surface area contributed by atoms with E-state index in [-0.39, 0.29) is 5.91 Å². The van der Waals surface area contributed by atoms with Crippen LogP contribution in [0.5, 0.6) is 11.5 Å². The summed E-state index contributed by atoms with van der Waals surface area (Å²) in [5.74, 6) is 1.67. The second-order valence-corrected chi connectivity index (χ2v) is 7.75. The Morgan fingerprint density at radius 1 is 1.09 bits per heavy atom. The molecule has 0 radical (unpaired) electrons. The number of rotatable bonds is 9. The van der Waals surface area contributed by atoms with E-state index >= 15 is 0 Å². The summed E-state index contributed by atoms with van der Waals surface area (Å²) in [5, 5.41) is 4.39. The van der Waals surface area contributed by atoms with Crippen LogP contribution in [-0.4, -0.2) is 83.9 Å². The molecule has 0 spiro atoms. The molecule has 0 fully saturated rings. The van der Waals surface area contributed by atoms with E-state index in [9.17, 15) is 4.79 Å². The zero-order valence-electron chi connectivity index (χ0n) is 19.5. The van der Waals surface area contributed by atoms with Gasteiger partial charge < -0.3 is 19.3 Å². The summed E-state index contributed by atoms with van der Waals surface area (Å²) in [7, 11) is 9.07. The fraction of sp³-hybridized carbons (Fsp3) is 0.391. The van der Waals surface area contributed by atoms with E-state index < -0.39 is 0 Å². The number of aromatic nitrogens is 4. The van der Waals surface area contributed by atoms with Gasteiger partial charge in [-0.25, -0.2) is 14.6 Å². The Kier molecular flexibility index (Phi) is 7.42. The average molecular weight is 439 g/mol. The van der Waals surface area contributed by atoms with Crippen molar-refractivity contribution in [2.75, 3.05) is 48.5 Å². The van der Waals surface area contributed by atoms with Gasteiger partial charge >= 0.3 is 0 Å². The number of carbonyl (C=O) groups excluding carboxylic acids is 1. The summed E-state index contributed by atoms with van der Waals surface area (Å²) in [5.41, 5.74) is 2.65. The van der Waals surface area contributed by atoms with E-state index in [1.165, 1.54) is 0 Å². The fourth-order valence-electron chi connectivity index (χ4n) is 3.37. The number of nitrogens with zero attached hydrogens (tertiary/aromatic N) is 6. The summed E-state index contributed by atoms with van der Waals surface area (Å²) in [6, 6.07) is 7.32. The molecule has 0 unspecified atom stereocenters. The first kappa shape index (κ1) is 23.2. The third-order valence-corrected chi connectivity index (χ3v) is 5.20. The van der Waals surface area contributed by atoms with Crippen LogP contribution in [0.25, 0.3) is 17.2 Å². The molecule has 1 amide bonds. The van der Waals surface area contributed by atoms with Crippen molar-refractivity contribution in [1.82, 2.24) is 29.5 Å². The highest BCUT2D eigenvalue weighted by molar-refractivity contribution is 5.95. The molecule has 0 N–H and O–H groups in total. The van der Waals surface area contributed by atoms with Gasteiger partial charge in [-0.3, -0.25) is 4.79 Å². The van der Waals surface area contributed by atoms with Crippen molar-refractivity contribution in [3.63, 3.8) is 0 Å². The summed E-state index contributed by atoms with van der Waals surface area (Å²) >= 11 is 0. The average Bonchev–Trinajstić information content (AvgIpc) is 3.19. The Labute approximate surface area is 188 Å². The number of benzene rings is 1. The number of methoxy groups -OCH3 is 2. The molecule has 0 aliphatic heterocycles. The van der Waals surface area contributed by atoms with Gasteiger partial charge in [0.15, 0.2) is 0 Å². The van der Waals surface area contributed by atoms with E-state index in [0.29, 0.717) is 40.9 Å². The second-order valence-electron chi connectivity index (χ2n) is 7.75. The number of hydrogen-bond donors (Lipinski definition) is 0. The van der Waals surface area contributed by atoms with Gasteiger partial charge in [0, 0.05) is 25.4 Å².